The molecule has 0 aliphatic carbocycles. The van der Waals surface area contributed by atoms with Crippen LogP contribution in [-0.4, -0.2) is 53.5 Å². The minimum atomic E-state index is 0.0303. The molecule has 1 atom stereocenters. The van der Waals surface area contributed by atoms with Crippen molar-refractivity contribution in [1.82, 2.24) is 9.80 Å². The van der Waals surface area contributed by atoms with Crippen molar-refractivity contribution in [2.24, 2.45) is 0 Å². The van der Waals surface area contributed by atoms with E-state index in [1.165, 1.54) is 17.3 Å². The summed E-state index contributed by atoms with van der Waals surface area (Å²) in [6.45, 7) is 7.80. The van der Waals surface area contributed by atoms with Crippen molar-refractivity contribution >= 4 is 22.7 Å². The number of amides is 1. The van der Waals surface area contributed by atoms with E-state index >= 15 is 0 Å². The van der Waals surface area contributed by atoms with Gasteiger partial charge in [-0.15, -0.1) is 0 Å². The molecule has 0 spiro atoms. The van der Waals surface area contributed by atoms with Crippen LogP contribution in [0, 0.1) is 0 Å². The average Bonchev–Trinajstić information content (AvgIpc) is 2.72. The molecule has 1 fully saturated rings. The van der Waals surface area contributed by atoms with Gasteiger partial charge in [0.15, 0.2) is 0 Å². The lowest BCUT2D eigenvalue weighted by molar-refractivity contribution is 0.103. The molecule has 0 radical (unpaired) electrons. The highest BCUT2D eigenvalue weighted by Gasteiger charge is 2.21. The molecule has 0 saturated carbocycles. The molecular formula is C22H29N3OS. The fraction of sp³-hybridized carbons (Fsp3) is 0.409. The van der Waals surface area contributed by atoms with Gasteiger partial charge < -0.3 is 10.2 Å². The Balaban J connectivity index is 1.30. The highest BCUT2D eigenvalue weighted by Crippen LogP contribution is 2.21. The summed E-state index contributed by atoms with van der Waals surface area (Å²) in [6, 6.07) is 20.9. The second-order valence-electron chi connectivity index (χ2n) is 6.94. The molecule has 1 N–H and O–H groups in total. The molecule has 2 aromatic carbocycles. The second-order valence-corrected chi connectivity index (χ2v) is 8.01. The van der Waals surface area contributed by atoms with Crippen LogP contribution in [-0.2, 0) is 0 Å². The fourth-order valence-electron chi connectivity index (χ4n) is 3.45. The highest BCUT2D eigenvalue weighted by molar-refractivity contribution is 8.13. The first kappa shape index (κ1) is 19.9. The molecule has 1 saturated heterocycles. The standard InChI is InChI=1S/C22H29N3OS/c1-19(20-9-4-2-5-10-20)25-16-14-24(15-17-25)13-8-18-27-22(26)23-21-11-6-3-7-12-21/h2-7,9-12,19H,8,13-18H2,1H3,(H,23,26). The fourth-order valence-corrected chi connectivity index (χ4v) is 4.09. The number of benzene rings is 2. The van der Waals surface area contributed by atoms with Gasteiger partial charge in [-0.3, -0.25) is 9.69 Å². The number of piperazine rings is 1. The lowest BCUT2D eigenvalue weighted by atomic mass is 10.1. The van der Waals surface area contributed by atoms with Gasteiger partial charge in [-0.1, -0.05) is 60.3 Å². The van der Waals surface area contributed by atoms with Crippen LogP contribution in [0.1, 0.15) is 24.9 Å². The van der Waals surface area contributed by atoms with Gasteiger partial charge in [-0.25, -0.2) is 0 Å². The monoisotopic (exact) mass is 383 g/mol. The maximum Gasteiger partial charge on any atom is 0.283 e. The number of hydrogen-bond acceptors (Lipinski definition) is 4. The molecule has 1 heterocycles. The molecule has 3 rings (SSSR count). The van der Waals surface area contributed by atoms with Crippen LogP contribution in [0.3, 0.4) is 0 Å². The van der Waals surface area contributed by atoms with E-state index in [-0.39, 0.29) is 5.24 Å². The normalized spacial score (nSPS) is 16.8. The Bertz CT molecular complexity index is 687. The van der Waals surface area contributed by atoms with Crippen LogP contribution in [0.2, 0.25) is 0 Å². The summed E-state index contributed by atoms with van der Waals surface area (Å²) in [6.07, 6.45) is 1.04. The summed E-state index contributed by atoms with van der Waals surface area (Å²) in [5, 5.41) is 2.95. The molecular weight excluding hydrogens is 354 g/mol. The Morgan fingerprint density at radius 3 is 2.30 bits per heavy atom. The predicted molar refractivity (Wildman–Crippen MR) is 115 cm³/mol. The Morgan fingerprint density at radius 2 is 1.63 bits per heavy atom. The zero-order valence-corrected chi connectivity index (χ0v) is 16.8. The Hall–Kier alpha value is -1.82. The van der Waals surface area contributed by atoms with E-state index in [1.54, 1.807) is 0 Å². The van der Waals surface area contributed by atoms with E-state index in [0.29, 0.717) is 6.04 Å². The topological polar surface area (TPSA) is 35.6 Å². The van der Waals surface area contributed by atoms with E-state index in [2.05, 4.69) is 52.4 Å². The van der Waals surface area contributed by atoms with Gasteiger partial charge in [0.05, 0.1) is 0 Å². The zero-order valence-electron chi connectivity index (χ0n) is 16.0. The molecule has 0 bridgehead atoms. The van der Waals surface area contributed by atoms with E-state index in [1.807, 2.05) is 30.3 Å². The third-order valence-electron chi connectivity index (χ3n) is 5.11. The minimum absolute atomic E-state index is 0.0303. The van der Waals surface area contributed by atoms with Gasteiger partial charge in [0.1, 0.15) is 0 Å². The molecule has 27 heavy (non-hydrogen) atoms. The number of nitrogens with zero attached hydrogens (tertiary/aromatic N) is 2. The van der Waals surface area contributed by atoms with Crippen LogP contribution in [0.4, 0.5) is 10.5 Å². The first-order valence-electron chi connectivity index (χ1n) is 9.72. The van der Waals surface area contributed by atoms with Crippen molar-refractivity contribution in [3.8, 4) is 0 Å². The lowest BCUT2D eigenvalue weighted by Gasteiger charge is -2.38. The Morgan fingerprint density at radius 1 is 1.00 bits per heavy atom. The van der Waals surface area contributed by atoms with Gasteiger partial charge in [-0.2, -0.15) is 0 Å². The third kappa shape index (κ3) is 6.38. The average molecular weight is 384 g/mol. The first-order valence-corrected chi connectivity index (χ1v) is 10.7. The lowest BCUT2D eigenvalue weighted by Crippen LogP contribution is -2.47. The van der Waals surface area contributed by atoms with E-state index in [4.69, 9.17) is 0 Å². The van der Waals surface area contributed by atoms with Gasteiger partial charge in [0, 0.05) is 43.7 Å². The summed E-state index contributed by atoms with van der Waals surface area (Å²) >= 11 is 1.38. The van der Waals surface area contributed by atoms with Crippen LogP contribution in [0.5, 0.6) is 0 Å². The van der Waals surface area contributed by atoms with Crippen molar-refractivity contribution in [3.63, 3.8) is 0 Å². The maximum absolute atomic E-state index is 11.9. The SMILES string of the molecule is CC(c1ccccc1)N1CCN(CCCSC(=O)Nc2ccccc2)CC1. The van der Waals surface area contributed by atoms with Crippen molar-refractivity contribution in [3.05, 3.63) is 66.2 Å². The van der Waals surface area contributed by atoms with Gasteiger partial charge >= 0.3 is 0 Å². The molecule has 5 heteroatoms. The molecule has 1 unspecified atom stereocenters. The van der Waals surface area contributed by atoms with Gasteiger partial charge in [0.25, 0.3) is 5.24 Å². The largest absolute Gasteiger partial charge is 0.317 e. The molecule has 1 amide bonds. The van der Waals surface area contributed by atoms with Crippen molar-refractivity contribution in [2.45, 2.75) is 19.4 Å². The van der Waals surface area contributed by atoms with Crippen molar-refractivity contribution in [2.75, 3.05) is 43.8 Å². The van der Waals surface area contributed by atoms with Crippen molar-refractivity contribution in [1.29, 1.82) is 0 Å². The molecule has 2 aromatic rings. The number of rotatable bonds is 7. The summed E-state index contributed by atoms with van der Waals surface area (Å²) < 4.78 is 0. The van der Waals surface area contributed by atoms with Crippen molar-refractivity contribution < 1.29 is 4.79 Å². The summed E-state index contributed by atoms with van der Waals surface area (Å²) in [5.41, 5.74) is 2.26. The van der Waals surface area contributed by atoms with Crippen LogP contribution in [0.15, 0.2) is 60.7 Å². The minimum Gasteiger partial charge on any atom is -0.317 e. The van der Waals surface area contributed by atoms with E-state index in [0.717, 1.165) is 50.6 Å². The number of anilines is 1. The number of nitrogens with one attached hydrogen (secondary N) is 1. The number of hydrogen-bond donors (Lipinski definition) is 1. The van der Waals surface area contributed by atoms with Crippen LogP contribution in [0.25, 0.3) is 0 Å². The molecule has 1 aliphatic rings. The predicted octanol–water partition coefficient (Wildman–Crippen LogP) is 4.72. The zero-order chi connectivity index (χ0) is 18.9. The number of thioether (sulfide) groups is 1. The Labute approximate surface area is 166 Å². The molecule has 144 valence electrons. The third-order valence-corrected chi connectivity index (χ3v) is 5.97. The molecule has 4 nitrogen and oxygen atoms in total. The number of carbonyl (C=O) groups excluding carboxylic acids is 1. The van der Waals surface area contributed by atoms with Gasteiger partial charge in [-0.05, 0) is 37.6 Å². The number of carbonyl (C=O) groups is 1. The maximum atomic E-state index is 11.9. The molecule has 1 aliphatic heterocycles. The molecule has 0 aromatic heterocycles. The van der Waals surface area contributed by atoms with Crippen LogP contribution < -0.4 is 5.32 Å². The summed E-state index contributed by atoms with van der Waals surface area (Å²) in [4.78, 5) is 17.0. The summed E-state index contributed by atoms with van der Waals surface area (Å²) in [7, 11) is 0. The summed E-state index contributed by atoms with van der Waals surface area (Å²) in [5.74, 6) is 0.860. The van der Waals surface area contributed by atoms with Crippen LogP contribution >= 0.6 is 11.8 Å². The quantitative estimate of drug-likeness (QED) is 0.702. The second kappa shape index (κ2) is 10.5. The van der Waals surface area contributed by atoms with Gasteiger partial charge in [0.2, 0.25) is 0 Å². The van der Waals surface area contributed by atoms with E-state index in [9.17, 15) is 4.79 Å². The Kier molecular flexibility index (Phi) is 7.75. The highest BCUT2D eigenvalue weighted by atomic mass is 32.2. The smallest absolute Gasteiger partial charge is 0.283 e. The first-order chi connectivity index (χ1) is 13.2. The van der Waals surface area contributed by atoms with E-state index < -0.39 is 0 Å². The number of para-hydroxylation sites is 1.